The van der Waals surface area contributed by atoms with Crippen LogP contribution >= 0.6 is 35.6 Å². The highest BCUT2D eigenvalue weighted by atomic mass is 127. The number of hydrogen-bond acceptors (Lipinski definition) is 3. The Balaban J connectivity index is 0.00000338. The Morgan fingerprint density at radius 3 is 2.65 bits per heavy atom. The van der Waals surface area contributed by atoms with Crippen molar-refractivity contribution in [2.24, 2.45) is 10.9 Å². The van der Waals surface area contributed by atoms with Crippen LogP contribution in [0.5, 0.6) is 0 Å². The largest absolute Gasteiger partial charge is 0.383 e. The molecule has 0 atom stereocenters. The predicted octanol–water partition coefficient (Wildman–Crippen LogP) is 3.32. The monoisotopic (exact) mass is 494 g/mol. The zero-order chi connectivity index (χ0) is 18.1. The third kappa shape index (κ3) is 7.58. The van der Waals surface area contributed by atoms with Gasteiger partial charge < -0.3 is 19.9 Å². The molecule has 0 amide bonds. The van der Waals surface area contributed by atoms with Gasteiger partial charge >= 0.3 is 0 Å². The van der Waals surface area contributed by atoms with Crippen LogP contribution in [0.4, 0.5) is 0 Å². The summed E-state index contributed by atoms with van der Waals surface area (Å²) in [7, 11) is 5.65. The van der Waals surface area contributed by atoms with E-state index in [9.17, 15) is 0 Å². The van der Waals surface area contributed by atoms with E-state index < -0.39 is 0 Å². The molecule has 0 saturated carbocycles. The normalized spacial score (nSPS) is 16.2. The molecule has 0 unspecified atom stereocenters. The standard InChI is InChI=1S/C19H31ClN4O.HI/c1-21-19(23(2)15-17-6-4-5-7-18(17)20)22-14-16-8-10-24(11-9-16)12-13-25-3;/h4-7,16H,8-15H2,1-3H3,(H,21,22);1H. The maximum Gasteiger partial charge on any atom is 0.193 e. The Morgan fingerprint density at radius 2 is 2.04 bits per heavy atom. The summed E-state index contributed by atoms with van der Waals surface area (Å²) in [6.45, 7) is 5.89. The fourth-order valence-corrected chi connectivity index (χ4v) is 3.41. The molecule has 0 aliphatic carbocycles. The number of ether oxygens (including phenoxy) is 1. The molecule has 1 heterocycles. The Morgan fingerprint density at radius 1 is 1.35 bits per heavy atom. The Kier molecular flexibility index (Phi) is 11.5. The first-order chi connectivity index (χ1) is 12.1. The molecule has 0 spiro atoms. The quantitative estimate of drug-likeness (QED) is 0.359. The summed E-state index contributed by atoms with van der Waals surface area (Å²) in [4.78, 5) is 9.02. The van der Waals surface area contributed by atoms with E-state index in [1.165, 1.54) is 12.8 Å². The van der Waals surface area contributed by atoms with E-state index in [1.54, 1.807) is 7.11 Å². The van der Waals surface area contributed by atoms with Crippen molar-refractivity contribution >= 4 is 41.5 Å². The summed E-state index contributed by atoms with van der Waals surface area (Å²) in [5.74, 6) is 1.62. The van der Waals surface area contributed by atoms with Crippen molar-refractivity contribution in [2.75, 3.05) is 54.0 Å². The number of rotatable bonds is 7. The van der Waals surface area contributed by atoms with Crippen molar-refractivity contribution in [1.82, 2.24) is 15.1 Å². The fraction of sp³-hybridized carbons (Fsp3) is 0.632. The van der Waals surface area contributed by atoms with Gasteiger partial charge in [-0.1, -0.05) is 29.8 Å². The zero-order valence-corrected chi connectivity index (χ0v) is 19.2. The average molecular weight is 495 g/mol. The first-order valence-electron chi connectivity index (χ1n) is 9.00. The second-order valence-electron chi connectivity index (χ2n) is 6.65. The number of nitrogens with one attached hydrogen (secondary N) is 1. The molecular weight excluding hydrogens is 463 g/mol. The summed E-state index contributed by atoms with van der Waals surface area (Å²) in [6, 6.07) is 7.96. The van der Waals surface area contributed by atoms with Gasteiger partial charge in [-0.15, -0.1) is 24.0 Å². The van der Waals surface area contributed by atoms with Crippen molar-refractivity contribution in [3.8, 4) is 0 Å². The van der Waals surface area contributed by atoms with Gasteiger partial charge in [0.1, 0.15) is 0 Å². The van der Waals surface area contributed by atoms with E-state index in [1.807, 2.05) is 32.3 Å². The van der Waals surface area contributed by atoms with Crippen LogP contribution < -0.4 is 5.32 Å². The molecule has 26 heavy (non-hydrogen) atoms. The van der Waals surface area contributed by atoms with Gasteiger partial charge in [-0.2, -0.15) is 0 Å². The lowest BCUT2D eigenvalue weighted by molar-refractivity contribution is 0.120. The summed E-state index contributed by atoms with van der Waals surface area (Å²) in [6.07, 6.45) is 2.45. The van der Waals surface area contributed by atoms with Gasteiger partial charge in [0.05, 0.1) is 6.61 Å². The van der Waals surface area contributed by atoms with Gasteiger partial charge in [-0.25, -0.2) is 0 Å². The van der Waals surface area contributed by atoms with E-state index in [-0.39, 0.29) is 24.0 Å². The first-order valence-corrected chi connectivity index (χ1v) is 9.38. The molecule has 5 nitrogen and oxygen atoms in total. The molecule has 2 rings (SSSR count). The second kappa shape index (κ2) is 12.8. The summed E-state index contributed by atoms with van der Waals surface area (Å²) in [5.41, 5.74) is 1.11. The molecule has 148 valence electrons. The zero-order valence-electron chi connectivity index (χ0n) is 16.1. The topological polar surface area (TPSA) is 40.1 Å². The highest BCUT2D eigenvalue weighted by Gasteiger charge is 2.19. The van der Waals surface area contributed by atoms with E-state index in [0.29, 0.717) is 5.92 Å². The van der Waals surface area contributed by atoms with Crippen LogP contribution in [0.15, 0.2) is 29.3 Å². The van der Waals surface area contributed by atoms with Crippen LogP contribution in [0.2, 0.25) is 5.02 Å². The van der Waals surface area contributed by atoms with Crippen LogP contribution in [0.25, 0.3) is 0 Å². The summed E-state index contributed by atoms with van der Waals surface area (Å²) in [5, 5.41) is 4.33. The molecule has 1 saturated heterocycles. The maximum absolute atomic E-state index is 6.26. The number of aliphatic imine (C=N–C) groups is 1. The van der Waals surface area contributed by atoms with Gasteiger partial charge in [0.25, 0.3) is 0 Å². The van der Waals surface area contributed by atoms with Crippen LogP contribution in [-0.2, 0) is 11.3 Å². The van der Waals surface area contributed by atoms with Crippen LogP contribution in [0.3, 0.4) is 0 Å². The number of hydrogen-bond donors (Lipinski definition) is 1. The molecule has 1 aliphatic heterocycles. The van der Waals surface area contributed by atoms with Crippen LogP contribution in [0.1, 0.15) is 18.4 Å². The minimum atomic E-state index is 0. The predicted molar refractivity (Wildman–Crippen MR) is 121 cm³/mol. The summed E-state index contributed by atoms with van der Waals surface area (Å²) >= 11 is 6.26. The maximum atomic E-state index is 6.26. The third-order valence-electron chi connectivity index (χ3n) is 4.81. The minimum Gasteiger partial charge on any atom is -0.383 e. The molecule has 0 aromatic heterocycles. The van der Waals surface area contributed by atoms with Crippen molar-refractivity contribution in [2.45, 2.75) is 19.4 Å². The van der Waals surface area contributed by atoms with Crippen molar-refractivity contribution < 1.29 is 4.74 Å². The van der Waals surface area contributed by atoms with Crippen molar-refractivity contribution in [3.05, 3.63) is 34.9 Å². The molecule has 1 N–H and O–H groups in total. The first kappa shape index (κ1) is 23.5. The summed E-state index contributed by atoms with van der Waals surface area (Å²) < 4.78 is 5.16. The molecule has 1 aromatic carbocycles. The molecule has 1 fully saturated rings. The average Bonchev–Trinajstić information content (AvgIpc) is 2.63. The lowest BCUT2D eigenvalue weighted by Crippen LogP contribution is -2.43. The SMILES string of the molecule is CN=C(NCC1CCN(CCOC)CC1)N(C)Cc1ccccc1Cl.I. The lowest BCUT2D eigenvalue weighted by Gasteiger charge is -2.32. The highest BCUT2D eigenvalue weighted by Crippen LogP contribution is 2.18. The second-order valence-corrected chi connectivity index (χ2v) is 7.06. The van der Waals surface area contributed by atoms with Gasteiger partial charge in [0.15, 0.2) is 5.96 Å². The molecule has 1 aromatic rings. The molecule has 1 aliphatic rings. The van der Waals surface area contributed by atoms with E-state index in [0.717, 1.165) is 55.9 Å². The Bertz CT molecular complexity index is 550. The number of halogens is 2. The lowest BCUT2D eigenvalue weighted by atomic mass is 9.97. The van der Waals surface area contributed by atoms with Gasteiger partial charge in [-0.05, 0) is 43.5 Å². The van der Waals surface area contributed by atoms with Crippen molar-refractivity contribution in [3.63, 3.8) is 0 Å². The molecule has 7 heteroatoms. The number of likely N-dealkylation sites (tertiary alicyclic amines) is 1. The highest BCUT2D eigenvalue weighted by molar-refractivity contribution is 14.0. The number of guanidine groups is 1. The van der Waals surface area contributed by atoms with Gasteiger partial charge in [-0.3, -0.25) is 4.99 Å². The van der Waals surface area contributed by atoms with Gasteiger partial charge in [0.2, 0.25) is 0 Å². The Hall–Kier alpha value is -0.570. The van der Waals surface area contributed by atoms with Crippen molar-refractivity contribution in [1.29, 1.82) is 0 Å². The minimum absolute atomic E-state index is 0. The van der Waals surface area contributed by atoms with E-state index in [2.05, 4.69) is 26.2 Å². The third-order valence-corrected chi connectivity index (χ3v) is 5.18. The molecule has 0 bridgehead atoms. The van der Waals surface area contributed by atoms with Crippen LogP contribution in [-0.4, -0.2) is 69.8 Å². The van der Waals surface area contributed by atoms with E-state index >= 15 is 0 Å². The number of benzene rings is 1. The smallest absolute Gasteiger partial charge is 0.193 e. The van der Waals surface area contributed by atoms with Gasteiger partial charge in [0, 0.05) is 45.9 Å². The Labute approximate surface area is 180 Å². The number of methoxy groups -OCH3 is 1. The fourth-order valence-electron chi connectivity index (χ4n) is 3.21. The molecular formula is C19H32ClIN4O. The number of nitrogens with zero attached hydrogens (tertiary/aromatic N) is 3. The molecule has 0 radical (unpaired) electrons. The number of piperidine rings is 1. The van der Waals surface area contributed by atoms with Crippen LogP contribution in [0, 0.1) is 5.92 Å². The van der Waals surface area contributed by atoms with E-state index in [4.69, 9.17) is 16.3 Å².